The molecule has 0 aliphatic heterocycles. The van der Waals surface area contributed by atoms with Gasteiger partial charge in [0.2, 0.25) is 5.91 Å². The molecule has 1 unspecified atom stereocenters. The number of hydrogen-bond donors (Lipinski definition) is 3. The van der Waals surface area contributed by atoms with Gasteiger partial charge in [0.1, 0.15) is 5.82 Å². The molecule has 2 aliphatic carbocycles. The lowest BCUT2D eigenvalue weighted by Crippen LogP contribution is -2.56. The number of carbonyl (C=O) groups is 1. The normalized spacial score (nSPS) is 21.1. The lowest BCUT2D eigenvalue weighted by molar-refractivity contribution is -0.127. The third kappa shape index (κ3) is 4.09. The van der Waals surface area contributed by atoms with Crippen LogP contribution in [0, 0.1) is 11.7 Å². The first-order valence-electron chi connectivity index (χ1n) is 8.56. The molecule has 2 aliphatic rings. The second-order valence-electron chi connectivity index (χ2n) is 6.89. The molecule has 5 heteroatoms. The van der Waals surface area contributed by atoms with E-state index in [1.165, 1.54) is 25.0 Å². The van der Waals surface area contributed by atoms with Gasteiger partial charge in [-0.25, -0.2) is 4.39 Å². The molecule has 0 saturated heterocycles. The Morgan fingerprint density at radius 3 is 2.52 bits per heavy atom. The number of aliphatic hydroxyl groups excluding tert-OH is 1. The first-order valence-corrected chi connectivity index (χ1v) is 8.56. The smallest absolute Gasteiger partial charge is 0.240 e. The van der Waals surface area contributed by atoms with Crippen molar-refractivity contribution >= 4 is 5.91 Å². The lowest BCUT2D eigenvalue weighted by Gasteiger charge is -2.30. The maximum absolute atomic E-state index is 13.0. The summed E-state index contributed by atoms with van der Waals surface area (Å²) < 4.78 is 13.0. The summed E-state index contributed by atoms with van der Waals surface area (Å²) in [6.45, 7) is 1.06. The van der Waals surface area contributed by atoms with Crippen LogP contribution in [0.3, 0.4) is 0 Å². The minimum atomic E-state index is -0.746. The van der Waals surface area contributed by atoms with Gasteiger partial charge in [-0.15, -0.1) is 0 Å². The van der Waals surface area contributed by atoms with Gasteiger partial charge < -0.3 is 15.7 Å². The van der Waals surface area contributed by atoms with E-state index >= 15 is 0 Å². The number of β-amino-alcohol motifs (C(OH)–C–C–N with tert-alkyl or cyclic N) is 1. The quantitative estimate of drug-likeness (QED) is 0.722. The molecule has 2 fully saturated rings. The van der Waals surface area contributed by atoms with Crippen molar-refractivity contribution in [3.8, 4) is 0 Å². The number of hydrogen-bond acceptors (Lipinski definition) is 3. The van der Waals surface area contributed by atoms with Crippen LogP contribution >= 0.6 is 0 Å². The highest BCUT2D eigenvalue weighted by Crippen LogP contribution is 2.32. The van der Waals surface area contributed by atoms with E-state index in [2.05, 4.69) is 10.6 Å². The number of aliphatic hydroxyl groups is 1. The fourth-order valence-corrected chi connectivity index (χ4v) is 3.29. The van der Waals surface area contributed by atoms with Crippen molar-refractivity contribution in [2.24, 2.45) is 5.92 Å². The van der Waals surface area contributed by atoms with Crippen LogP contribution in [0.4, 0.5) is 4.39 Å². The standard InChI is InChI=1S/C18H25FN2O2/c19-15-7-5-14(6-8-15)16(22)12-21-18(9-1-2-10-18)17(23)20-11-13-3-4-13/h5-8,13,16,21-22H,1-4,9-12H2,(H,20,23). The Labute approximate surface area is 136 Å². The van der Waals surface area contributed by atoms with E-state index in [-0.39, 0.29) is 11.7 Å². The zero-order valence-corrected chi connectivity index (χ0v) is 13.4. The Bertz CT molecular complexity index is 536. The van der Waals surface area contributed by atoms with E-state index in [1.807, 2.05) is 0 Å². The van der Waals surface area contributed by atoms with Gasteiger partial charge in [0.15, 0.2) is 0 Å². The minimum Gasteiger partial charge on any atom is -0.387 e. The summed E-state index contributed by atoms with van der Waals surface area (Å²) >= 11 is 0. The molecule has 4 nitrogen and oxygen atoms in total. The molecule has 0 bridgehead atoms. The molecule has 1 aromatic carbocycles. The van der Waals surface area contributed by atoms with Crippen molar-refractivity contribution < 1.29 is 14.3 Å². The zero-order valence-electron chi connectivity index (χ0n) is 13.4. The Hall–Kier alpha value is -1.46. The van der Waals surface area contributed by atoms with E-state index in [4.69, 9.17) is 0 Å². The van der Waals surface area contributed by atoms with Crippen LogP contribution in [-0.2, 0) is 4.79 Å². The summed E-state index contributed by atoms with van der Waals surface area (Å²) in [5.41, 5.74) is 0.0982. The van der Waals surface area contributed by atoms with Crippen LogP contribution in [0.25, 0.3) is 0 Å². The van der Waals surface area contributed by atoms with E-state index in [9.17, 15) is 14.3 Å². The highest BCUT2D eigenvalue weighted by molar-refractivity contribution is 5.86. The van der Waals surface area contributed by atoms with Crippen molar-refractivity contribution in [2.75, 3.05) is 13.1 Å². The fourth-order valence-electron chi connectivity index (χ4n) is 3.29. The maximum Gasteiger partial charge on any atom is 0.240 e. The number of carbonyl (C=O) groups excluding carboxylic acids is 1. The van der Waals surface area contributed by atoms with Crippen molar-refractivity contribution in [1.82, 2.24) is 10.6 Å². The van der Waals surface area contributed by atoms with Crippen LogP contribution < -0.4 is 10.6 Å². The summed E-state index contributed by atoms with van der Waals surface area (Å²) in [5, 5.41) is 16.6. The largest absolute Gasteiger partial charge is 0.387 e. The number of rotatable bonds is 7. The molecule has 0 spiro atoms. The highest BCUT2D eigenvalue weighted by atomic mass is 19.1. The molecule has 0 heterocycles. The summed E-state index contributed by atoms with van der Waals surface area (Å²) in [5.74, 6) is 0.399. The Balaban J connectivity index is 1.57. The molecule has 3 N–H and O–H groups in total. The Kier molecular flexibility index (Phi) is 4.97. The van der Waals surface area contributed by atoms with Crippen LogP contribution in [0.2, 0.25) is 0 Å². The van der Waals surface area contributed by atoms with E-state index in [0.717, 1.165) is 32.2 Å². The average Bonchev–Trinajstić information content (AvgIpc) is 3.27. The van der Waals surface area contributed by atoms with Gasteiger partial charge in [-0.05, 0) is 49.3 Å². The van der Waals surface area contributed by atoms with Gasteiger partial charge in [0.25, 0.3) is 0 Å². The second kappa shape index (κ2) is 6.97. The molecule has 1 amide bonds. The molecule has 3 rings (SSSR count). The van der Waals surface area contributed by atoms with Gasteiger partial charge in [-0.3, -0.25) is 4.79 Å². The van der Waals surface area contributed by atoms with Gasteiger partial charge >= 0.3 is 0 Å². The SMILES string of the molecule is O=C(NCC1CC1)C1(NCC(O)c2ccc(F)cc2)CCCC1. The number of benzene rings is 1. The molecule has 23 heavy (non-hydrogen) atoms. The molecular weight excluding hydrogens is 295 g/mol. The summed E-state index contributed by atoms with van der Waals surface area (Å²) in [6.07, 6.45) is 5.34. The Morgan fingerprint density at radius 2 is 1.91 bits per heavy atom. The summed E-state index contributed by atoms with van der Waals surface area (Å²) in [4.78, 5) is 12.6. The molecule has 0 aromatic heterocycles. The lowest BCUT2D eigenvalue weighted by atomic mass is 9.95. The third-order valence-corrected chi connectivity index (χ3v) is 5.03. The van der Waals surface area contributed by atoms with Gasteiger partial charge in [-0.2, -0.15) is 0 Å². The molecule has 126 valence electrons. The number of amides is 1. The summed E-state index contributed by atoms with van der Waals surface area (Å²) in [6, 6.07) is 5.84. The van der Waals surface area contributed by atoms with Crippen LogP contribution in [-0.4, -0.2) is 29.6 Å². The second-order valence-corrected chi connectivity index (χ2v) is 6.89. The van der Waals surface area contributed by atoms with Gasteiger partial charge in [0.05, 0.1) is 11.6 Å². The summed E-state index contributed by atoms with van der Waals surface area (Å²) in [7, 11) is 0. The Morgan fingerprint density at radius 1 is 1.26 bits per heavy atom. The topological polar surface area (TPSA) is 61.4 Å². The first-order chi connectivity index (χ1) is 11.1. The van der Waals surface area contributed by atoms with Crippen LogP contribution in [0.5, 0.6) is 0 Å². The van der Waals surface area contributed by atoms with Crippen molar-refractivity contribution in [3.05, 3.63) is 35.6 Å². The molecule has 1 aromatic rings. The fraction of sp³-hybridized carbons (Fsp3) is 0.611. The maximum atomic E-state index is 13.0. The third-order valence-electron chi connectivity index (χ3n) is 5.03. The van der Waals surface area contributed by atoms with Gasteiger partial charge in [0, 0.05) is 13.1 Å². The first kappa shape index (κ1) is 16.4. The average molecular weight is 320 g/mol. The van der Waals surface area contributed by atoms with Crippen molar-refractivity contribution in [3.63, 3.8) is 0 Å². The molecule has 0 radical (unpaired) electrons. The van der Waals surface area contributed by atoms with Crippen molar-refractivity contribution in [1.29, 1.82) is 0 Å². The molecule has 1 atom stereocenters. The van der Waals surface area contributed by atoms with E-state index in [0.29, 0.717) is 18.0 Å². The zero-order chi connectivity index (χ0) is 16.3. The van der Waals surface area contributed by atoms with E-state index < -0.39 is 11.6 Å². The number of nitrogens with one attached hydrogen (secondary N) is 2. The highest BCUT2D eigenvalue weighted by Gasteiger charge is 2.41. The van der Waals surface area contributed by atoms with E-state index in [1.54, 1.807) is 12.1 Å². The predicted molar refractivity (Wildman–Crippen MR) is 86.3 cm³/mol. The molecular formula is C18H25FN2O2. The van der Waals surface area contributed by atoms with Crippen LogP contribution in [0.1, 0.15) is 50.2 Å². The molecule has 2 saturated carbocycles. The minimum absolute atomic E-state index is 0.0632. The predicted octanol–water partition coefficient (Wildman–Crippen LogP) is 2.29. The monoisotopic (exact) mass is 320 g/mol. The van der Waals surface area contributed by atoms with Crippen molar-refractivity contribution in [2.45, 2.75) is 50.2 Å². The van der Waals surface area contributed by atoms with Crippen LogP contribution in [0.15, 0.2) is 24.3 Å². The van der Waals surface area contributed by atoms with Gasteiger partial charge in [-0.1, -0.05) is 25.0 Å². The number of halogens is 1.